The van der Waals surface area contributed by atoms with Crippen LogP contribution in [0.4, 0.5) is 0 Å². The van der Waals surface area contributed by atoms with E-state index in [-0.39, 0.29) is 6.04 Å². The molecule has 14 heavy (non-hydrogen) atoms. The van der Waals surface area contributed by atoms with Crippen molar-refractivity contribution in [3.63, 3.8) is 0 Å². The van der Waals surface area contributed by atoms with Gasteiger partial charge in [0.1, 0.15) is 0 Å². The lowest BCUT2D eigenvalue weighted by Crippen LogP contribution is -2.06. The topological polar surface area (TPSA) is 63.3 Å². The molecule has 0 amide bonds. The Balaban J connectivity index is 3.01. The number of hydrogen-bond acceptors (Lipinski definition) is 2. The monoisotopic (exact) mass is 191 g/mol. The van der Waals surface area contributed by atoms with Gasteiger partial charge >= 0.3 is 5.97 Å². The van der Waals surface area contributed by atoms with Crippen LogP contribution < -0.4 is 5.73 Å². The third-order valence-corrected chi connectivity index (χ3v) is 1.89. The van der Waals surface area contributed by atoms with Crippen LogP contribution in [0, 0.1) is 0 Å². The average molecular weight is 191 g/mol. The molecule has 0 aromatic heterocycles. The molecule has 0 saturated carbocycles. The minimum atomic E-state index is -0.954. The van der Waals surface area contributed by atoms with Crippen molar-refractivity contribution in [2.45, 2.75) is 13.0 Å². The largest absolute Gasteiger partial charge is 0.478 e. The number of carboxylic acids is 1. The zero-order chi connectivity index (χ0) is 10.6. The maximum Gasteiger partial charge on any atom is 0.328 e. The van der Waals surface area contributed by atoms with E-state index in [1.165, 1.54) is 0 Å². The first-order valence-corrected chi connectivity index (χ1v) is 4.37. The van der Waals surface area contributed by atoms with E-state index in [1.807, 2.05) is 31.2 Å². The maximum absolute atomic E-state index is 10.3. The predicted octanol–water partition coefficient (Wildman–Crippen LogP) is 1.80. The lowest BCUT2D eigenvalue weighted by atomic mass is 10.0. The molecule has 0 aliphatic rings. The lowest BCUT2D eigenvalue weighted by Gasteiger charge is -2.08. The van der Waals surface area contributed by atoms with Crippen molar-refractivity contribution in [2.24, 2.45) is 5.73 Å². The van der Waals surface area contributed by atoms with Crippen molar-refractivity contribution in [2.75, 3.05) is 0 Å². The second kappa shape index (κ2) is 4.58. The molecule has 3 N–H and O–H groups in total. The minimum absolute atomic E-state index is 0.0929. The zero-order valence-electron chi connectivity index (χ0n) is 7.97. The van der Waals surface area contributed by atoms with E-state index in [2.05, 4.69) is 0 Å². The number of rotatable bonds is 3. The van der Waals surface area contributed by atoms with Gasteiger partial charge in [-0.1, -0.05) is 24.3 Å². The lowest BCUT2D eigenvalue weighted by molar-refractivity contribution is -0.131. The molecule has 3 nitrogen and oxygen atoms in total. The summed E-state index contributed by atoms with van der Waals surface area (Å²) in [7, 11) is 0. The number of carbonyl (C=O) groups is 1. The van der Waals surface area contributed by atoms with Gasteiger partial charge < -0.3 is 10.8 Å². The summed E-state index contributed by atoms with van der Waals surface area (Å²) in [4.78, 5) is 10.3. The highest BCUT2D eigenvalue weighted by Gasteiger charge is 2.02. The van der Waals surface area contributed by atoms with Gasteiger partial charge in [0, 0.05) is 12.1 Å². The summed E-state index contributed by atoms with van der Waals surface area (Å²) in [5.41, 5.74) is 7.54. The summed E-state index contributed by atoms with van der Waals surface area (Å²) in [6.45, 7) is 1.87. The van der Waals surface area contributed by atoms with Gasteiger partial charge in [-0.25, -0.2) is 4.79 Å². The molecular formula is C11H13NO2. The summed E-state index contributed by atoms with van der Waals surface area (Å²) >= 11 is 0. The van der Waals surface area contributed by atoms with Crippen LogP contribution in [-0.4, -0.2) is 11.1 Å². The molecule has 1 aromatic carbocycles. The van der Waals surface area contributed by atoms with Crippen LogP contribution in [0.2, 0.25) is 0 Å². The Labute approximate surface area is 82.9 Å². The second-order valence-corrected chi connectivity index (χ2v) is 3.09. The Bertz CT molecular complexity index is 356. The van der Waals surface area contributed by atoms with Crippen molar-refractivity contribution in [3.05, 3.63) is 41.5 Å². The fourth-order valence-electron chi connectivity index (χ4n) is 1.24. The normalized spacial score (nSPS) is 13.0. The Kier molecular flexibility index (Phi) is 3.42. The summed E-state index contributed by atoms with van der Waals surface area (Å²) in [5, 5.41) is 8.49. The average Bonchev–Trinajstić information content (AvgIpc) is 2.15. The molecule has 0 bridgehead atoms. The van der Waals surface area contributed by atoms with E-state index >= 15 is 0 Å². The van der Waals surface area contributed by atoms with E-state index in [0.717, 1.165) is 17.2 Å². The number of hydrogen-bond donors (Lipinski definition) is 2. The van der Waals surface area contributed by atoms with Gasteiger partial charge in [-0.3, -0.25) is 0 Å². The van der Waals surface area contributed by atoms with Crippen molar-refractivity contribution in [3.8, 4) is 0 Å². The third kappa shape index (κ3) is 2.71. The summed E-state index contributed by atoms with van der Waals surface area (Å²) in [5.74, 6) is -0.954. The molecule has 0 aliphatic heterocycles. The highest BCUT2D eigenvalue weighted by Crippen LogP contribution is 2.16. The Morgan fingerprint density at radius 2 is 2.14 bits per heavy atom. The van der Waals surface area contributed by atoms with Gasteiger partial charge in [0.15, 0.2) is 0 Å². The van der Waals surface area contributed by atoms with Gasteiger partial charge in [-0.15, -0.1) is 0 Å². The van der Waals surface area contributed by atoms with Crippen LogP contribution in [0.15, 0.2) is 30.3 Å². The second-order valence-electron chi connectivity index (χ2n) is 3.09. The first-order chi connectivity index (χ1) is 6.61. The first kappa shape index (κ1) is 10.5. The SMILES string of the molecule is CC(N)c1ccccc1/C=C/C(=O)O. The van der Waals surface area contributed by atoms with Crippen LogP contribution in [-0.2, 0) is 4.79 Å². The van der Waals surface area contributed by atoms with Gasteiger partial charge in [0.05, 0.1) is 0 Å². The number of aliphatic carboxylic acids is 1. The van der Waals surface area contributed by atoms with Gasteiger partial charge in [0.2, 0.25) is 0 Å². The Morgan fingerprint density at radius 3 is 2.71 bits per heavy atom. The molecule has 0 radical (unpaired) electrons. The summed E-state index contributed by atoms with van der Waals surface area (Å²) in [6, 6.07) is 7.39. The fraction of sp³-hybridized carbons (Fsp3) is 0.182. The number of benzene rings is 1. The molecule has 3 heteroatoms. The molecule has 1 aromatic rings. The highest BCUT2D eigenvalue weighted by atomic mass is 16.4. The van der Waals surface area contributed by atoms with Crippen LogP contribution in [0.25, 0.3) is 6.08 Å². The van der Waals surface area contributed by atoms with E-state index < -0.39 is 5.97 Å². The van der Waals surface area contributed by atoms with Crippen LogP contribution in [0.3, 0.4) is 0 Å². The molecule has 1 rings (SSSR count). The van der Waals surface area contributed by atoms with Crippen LogP contribution in [0.1, 0.15) is 24.1 Å². The molecule has 0 spiro atoms. The molecule has 74 valence electrons. The highest BCUT2D eigenvalue weighted by molar-refractivity contribution is 5.85. The fourth-order valence-corrected chi connectivity index (χ4v) is 1.24. The summed E-state index contributed by atoms with van der Waals surface area (Å²) in [6.07, 6.45) is 2.67. The van der Waals surface area contributed by atoms with Gasteiger partial charge in [-0.2, -0.15) is 0 Å². The Morgan fingerprint density at radius 1 is 1.50 bits per heavy atom. The molecule has 1 unspecified atom stereocenters. The van der Waals surface area contributed by atoms with Crippen LogP contribution >= 0.6 is 0 Å². The van der Waals surface area contributed by atoms with Crippen LogP contribution in [0.5, 0.6) is 0 Å². The maximum atomic E-state index is 10.3. The van der Waals surface area contributed by atoms with Crippen molar-refractivity contribution < 1.29 is 9.90 Å². The molecule has 0 aliphatic carbocycles. The quantitative estimate of drug-likeness (QED) is 0.716. The molecule has 1 atom stereocenters. The number of carboxylic acid groups (broad SMARTS) is 1. The number of nitrogens with two attached hydrogens (primary N) is 1. The first-order valence-electron chi connectivity index (χ1n) is 4.37. The van der Waals surface area contributed by atoms with E-state index in [9.17, 15) is 4.79 Å². The van der Waals surface area contributed by atoms with Gasteiger partial charge in [0.25, 0.3) is 0 Å². The van der Waals surface area contributed by atoms with E-state index in [4.69, 9.17) is 10.8 Å². The smallest absolute Gasteiger partial charge is 0.328 e. The standard InChI is InChI=1S/C11H13NO2/c1-8(12)10-5-3-2-4-9(10)6-7-11(13)14/h2-8H,12H2,1H3,(H,13,14)/b7-6+. The van der Waals surface area contributed by atoms with E-state index in [0.29, 0.717) is 0 Å². The Hall–Kier alpha value is -1.61. The van der Waals surface area contributed by atoms with Crippen molar-refractivity contribution >= 4 is 12.0 Å². The molecule has 0 heterocycles. The van der Waals surface area contributed by atoms with E-state index in [1.54, 1.807) is 6.08 Å². The molecule has 0 saturated heterocycles. The molecular weight excluding hydrogens is 178 g/mol. The molecule has 0 fully saturated rings. The zero-order valence-corrected chi connectivity index (χ0v) is 7.97. The predicted molar refractivity (Wildman–Crippen MR) is 55.7 cm³/mol. The van der Waals surface area contributed by atoms with Gasteiger partial charge in [-0.05, 0) is 24.1 Å². The van der Waals surface area contributed by atoms with Crippen molar-refractivity contribution in [1.29, 1.82) is 0 Å². The third-order valence-electron chi connectivity index (χ3n) is 1.89. The van der Waals surface area contributed by atoms with Crippen molar-refractivity contribution in [1.82, 2.24) is 0 Å². The minimum Gasteiger partial charge on any atom is -0.478 e. The summed E-state index contributed by atoms with van der Waals surface area (Å²) < 4.78 is 0.